The van der Waals surface area contributed by atoms with Crippen LogP contribution in [0.3, 0.4) is 0 Å². The highest BCUT2D eigenvalue weighted by molar-refractivity contribution is 6.10. The monoisotopic (exact) mass is 412 g/mol. The number of likely N-dealkylation sites (tertiary alicyclic amines) is 1. The Hall–Kier alpha value is -2.39. The maximum atomic E-state index is 13.4. The molecule has 158 valence electrons. The summed E-state index contributed by atoms with van der Waals surface area (Å²) in [6, 6.07) is -1.44. The minimum atomic E-state index is -4.48. The molecule has 29 heavy (non-hydrogen) atoms. The number of aromatic nitrogens is 2. The third kappa shape index (κ3) is 3.12. The van der Waals surface area contributed by atoms with Crippen LogP contribution in [0.15, 0.2) is 6.07 Å². The molecule has 0 radical (unpaired) electrons. The maximum absolute atomic E-state index is 13.4. The van der Waals surface area contributed by atoms with E-state index in [4.69, 9.17) is 0 Å². The smallest absolute Gasteiger partial charge is 0.295 e. The predicted molar refractivity (Wildman–Crippen MR) is 95.8 cm³/mol. The fourth-order valence-corrected chi connectivity index (χ4v) is 4.85. The third-order valence-corrected chi connectivity index (χ3v) is 6.30. The highest BCUT2D eigenvalue weighted by Gasteiger charge is 2.52. The minimum absolute atomic E-state index is 0.0458. The van der Waals surface area contributed by atoms with E-state index >= 15 is 0 Å². The Kier molecular flexibility index (Phi) is 4.70. The third-order valence-electron chi connectivity index (χ3n) is 6.30. The molecule has 0 bridgehead atoms. The molecule has 4 rings (SSSR count). The van der Waals surface area contributed by atoms with E-state index in [0.29, 0.717) is 18.5 Å². The Morgan fingerprint density at radius 3 is 2.28 bits per heavy atom. The quantitative estimate of drug-likeness (QED) is 0.700. The first-order valence-electron chi connectivity index (χ1n) is 9.92. The van der Waals surface area contributed by atoms with Gasteiger partial charge in [-0.25, -0.2) is 4.68 Å². The van der Waals surface area contributed by atoms with E-state index in [-0.39, 0.29) is 42.4 Å². The lowest BCUT2D eigenvalue weighted by Gasteiger charge is -2.36. The van der Waals surface area contributed by atoms with Crippen molar-refractivity contribution in [2.75, 3.05) is 11.4 Å². The highest BCUT2D eigenvalue weighted by atomic mass is 19.4. The number of hydrogen-bond donors (Lipinski definition) is 0. The van der Waals surface area contributed by atoms with Crippen molar-refractivity contribution in [1.82, 2.24) is 14.7 Å². The number of imide groups is 1. The van der Waals surface area contributed by atoms with Gasteiger partial charge in [-0.15, -0.1) is 0 Å². The van der Waals surface area contributed by atoms with Crippen LogP contribution >= 0.6 is 0 Å². The number of anilines is 1. The number of rotatable bonds is 2. The van der Waals surface area contributed by atoms with E-state index in [1.54, 1.807) is 6.92 Å². The van der Waals surface area contributed by atoms with Gasteiger partial charge >= 0.3 is 6.18 Å². The zero-order valence-electron chi connectivity index (χ0n) is 16.3. The molecule has 10 heteroatoms. The summed E-state index contributed by atoms with van der Waals surface area (Å²) in [7, 11) is 0. The SMILES string of the molecule is Cc1cc2n(n1)[C@H](C(F)(F)F)CCN2C(=O)[C@H](C)N1C(=O)[C@@H]2CCCC[C@H]2C1=O. The molecule has 1 aliphatic carbocycles. The van der Waals surface area contributed by atoms with E-state index in [2.05, 4.69) is 5.10 Å². The van der Waals surface area contributed by atoms with Crippen LogP contribution in [0.25, 0.3) is 0 Å². The van der Waals surface area contributed by atoms with Gasteiger partial charge in [0.15, 0.2) is 6.04 Å². The van der Waals surface area contributed by atoms with Crippen molar-refractivity contribution < 1.29 is 27.6 Å². The molecule has 0 unspecified atom stereocenters. The number of aryl methyl sites for hydroxylation is 1. The van der Waals surface area contributed by atoms with E-state index in [0.717, 1.165) is 22.4 Å². The van der Waals surface area contributed by atoms with Crippen LogP contribution in [-0.2, 0) is 14.4 Å². The van der Waals surface area contributed by atoms with Crippen molar-refractivity contribution in [2.24, 2.45) is 11.8 Å². The molecule has 0 N–H and O–H groups in total. The van der Waals surface area contributed by atoms with Crippen LogP contribution < -0.4 is 4.90 Å². The summed E-state index contributed by atoms with van der Waals surface area (Å²) in [5.74, 6) is -1.95. The van der Waals surface area contributed by atoms with Gasteiger partial charge in [0.2, 0.25) is 11.8 Å². The Morgan fingerprint density at radius 2 is 1.72 bits per heavy atom. The van der Waals surface area contributed by atoms with Gasteiger partial charge in [0, 0.05) is 12.6 Å². The van der Waals surface area contributed by atoms with E-state index in [1.165, 1.54) is 17.9 Å². The van der Waals surface area contributed by atoms with Gasteiger partial charge in [-0.3, -0.25) is 24.2 Å². The topological polar surface area (TPSA) is 75.5 Å². The standard InChI is InChI=1S/C19H23F3N4O3/c1-10-9-15-24(8-7-14(19(20,21)22)26(15)23-10)16(27)11(2)25-17(28)12-5-3-4-6-13(12)18(25)29/h9,11-14H,3-8H2,1-2H3/t11-,12+,13+,14-/m0/s1. The first-order valence-corrected chi connectivity index (χ1v) is 9.92. The molecule has 3 aliphatic rings. The fraction of sp³-hybridized carbons (Fsp3) is 0.684. The van der Waals surface area contributed by atoms with Gasteiger partial charge in [-0.2, -0.15) is 18.3 Å². The Balaban J connectivity index is 1.61. The molecule has 0 spiro atoms. The molecular formula is C19H23F3N4O3. The first-order chi connectivity index (χ1) is 13.6. The molecule has 2 fully saturated rings. The number of carbonyl (C=O) groups excluding carboxylic acids is 3. The van der Waals surface area contributed by atoms with E-state index in [9.17, 15) is 27.6 Å². The molecule has 2 aliphatic heterocycles. The number of nitrogens with zero attached hydrogens (tertiary/aromatic N) is 4. The summed E-state index contributed by atoms with van der Waals surface area (Å²) in [5.41, 5.74) is 0.362. The molecular weight excluding hydrogens is 389 g/mol. The summed E-state index contributed by atoms with van der Waals surface area (Å²) in [6.07, 6.45) is -1.79. The van der Waals surface area contributed by atoms with Gasteiger partial charge in [-0.05, 0) is 33.1 Å². The van der Waals surface area contributed by atoms with Crippen molar-refractivity contribution in [3.8, 4) is 0 Å². The molecule has 1 aromatic heterocycles. The Bertz CT molecular complexity index is 841. The van der Waals surface area contributed by atoms with Gasteiger partial charge in [0.05, 0.1) is 17.5 Å². The van der Waals surface area contributed by atoms with Crippen molar-refractivity contribution in [2.45, 2.75) is 64.2 Å². The molecule has 0 aromatic carbocycles. The van der Waals surface area contributed by atoms with Crippen LogP contribution in [0.5, 0.6) is 0 Å². The van der Waals surface area contributed by atoms with Crippen molar-refractivity contribution in [1.29, 1.82) is 0 Å². The lowest BCUT2D eigenvalue weighted by Crippen LogP contribution is -2.52. The van der Waals surface area contributed by atoms with Crippen LogP contribution in [-0.4, -0.2) is 51.2 Å². The van der Waals surface area contributed by atoms with Crippen molar-refractivity contribution in [3.63, 3.8) is 0 Å². The van der Waals surface area contributed by atoms with Gasteiger partial charge < -0.3 is 0 Å². The normalized spacial score (nSPS) is 28.4. The molecule has 3 amide bonds. The van der Waals surface area contributed by atoms with E-state index < -0.39 is 24.2 Å². The van der Waals surface area contributed by atoms with Gasteiger partial charge in [0.1, 0.15) is 11.9 Å². The van der Waals surface area contributed by atoms with Crippen LogP contribution in [0.4, 0.5) is 19.0 Å². The second kappa shape index (κ2) is 6.84. The maximum Gasteiger partial charge on any atom is 0.410 e. The fourth-order valence-electron chi connectivity index (χ4n) is 4.85. The molecule has 4 atom stereocenters. The molecule has 3 heterocycles. The second-order valence-corrected chi connectivity index (χ2v) is 8.14. The number of hydrogen-bond acceptors (Lipinski definition) is 4. The van der Waals surface area contributed by atoms with Crippen LogP contribution in [0.1, 0.15) is 50.8 Å². The van der Waals surface area contributed by atoms with Crippen molar-refractivity contribution >= 4 is 23.5 Å². The molecule has 1 saturated heterocycles. The minimum Gasteiger partial charge on any atom is -0.295 e. The Morgan fingerprint density at radius 1 is 1.14 bits per heavy atom. The van der Waals surface area contributed by atoms with Crippen LogP contribution in [0, 0.1) is 18.8 Å². The highest BCUT2D eigenvalue weighted by Crippen LogP contribution is 2.41. The number of alkyl halides is 3. The summed E-state index contributed by atoms with van der Waals surface area (Å²) in [5, 5.41) is 3.93. The average molecular weight is 412 g/mol. The lowest BCUT2D eigenvalue weighted by atomic mass is 9.81. The van der Waals surface area contributed by atoms with Gasteiger partial charge in [-0.1, -0.05) is 12.8 Å². The lowest BCUT2D eigenvalue weighted by molar-refractivity contribution is -0.173. The molecule has 1 aromatic rings. The summed E-state index contributed by atoms with van der Waals surface area (Å²) >= 11 is 0. The number of halogens is 3. The predicted octanol–water partition coefficient (Wildman–Crippen LogP) is 2.60. The zero-order valence-corrected chi connectivity index (χ0v) is 16.3. The molecule has 7 nitrogen and oxygen atoms in total. The zero-order chi connectivity index (χ0) is 21.1. The summed E-state index contributed by atoms with van der Waals surface area (Å²) in [4.78, 5) is 41.0. The van der Waals surface area contributed by atoms with Crippen molar-refractivity contribution in [3.05, 3.63) is 11.8 Å². The van der Waals surface area contributed by atoms with E-state index in [1.807, 2.05) is 0 Å². The summed E-state index contributed by atoms with van der Waals surface area (Å²) < 4.78 is 40.9. The number of fused-ring (bicyclic) bond motifs is 2. The number of carbonyl (C=O) groups is 3. The number of amides is 3. The Labute approximate surface area is 165 Å². The van der Waals surface area contributed by atoms with Crippen LogP contribution in [0.2, 0.25) is 0 Å². The molecule has 1 saturated carbocycles. The summed E-state index contributed by atoms with van der Waals surface area (Å²) in [6.45, 7) is 2.88. The van der Waals surface area contributed by atoms with Gasteiger partial charge in [0.25, 0.3) is 5.91 Å². The average Bonchev–Trinajstić information content (AvgIpc) is 3.17. The second-order valence-electron chi connectivity index (χ2n) is 8.14. The first kappa shape index (κ1) is 19.9. The largest absolute Gasteiger partial charge is 0.410 e.